The molecule has 0 aromatic carbocycles. The van der Waals surface area contributed by atoms with E-state index in [0.717, 1.165) is 4.88 Å². The Balaban J connectivity index is 2.00. The molecule has 1 aliphatic rings. The Morgan fingerprint density at radius 2 is 2.19 bits per heavy atom. The first kappa shape index (κ1) is 16.1. The van der Waals surface area contributed by atoms with E-state index < -0.39 is 17.7 Å². The van der Waals surface area contributed by atoms with E-state index in [1.807, 2.05) is 27.7 Å². The summed E-state index contributed by atoms with van der Waals surface area (Å²) in [6.45, 7) is 7.34. The Morgan fingerprint density at radius 1 is 1.48 bits per heavy atom. The molecule has 0 aliphatic carbocycles. The van der Waals surface area contributed by atoms with Crippen molar-refractivity contribution in [2.24, 2.45) is 0 Å². The first-order valence-electron chi connectivity index (χ1n) is 6.57. The third-order valence-corrected chi connectivity index (χ3v) is 4.50. The fourth-order valence-electron chi connectivity index (χ4n) is 1.76. The molecule has 21 heavy (non-hydrogen) atoms. The van der Waals surface area contributed by atoms with Gasteiger partial charge in [0.2, 0.25) is 5.91 Å². The number of thioether (sulfide) groups is 1. The van der Waals surface area contributed by atoms with Gasteiger partial charge in [-0.25, -0.2) is 9.78 Å². The van der Waals surface area contributed by atoms with Crippen LogP contribution in [0.4, 0.5) is 9.93 Å². The Hall–Kier alpha value is -1.28. The van der Waals surface area contributed by atoms with Crippen molar-refractivity contribution in [3.8, 4) is 0 Å². The minimum absolute atomic E-state index is 0.222. The highest BCUT2D eigenvalue weighted by molar-refractivity contribution is 7.99. The summed E-state index contributed by atoms with van der Waals surface area (Å²) in [6, 6.07) is -0.519. The van der Waals surface area contributed by atoms with Crippen molar-refractivity contribution in [2.45, 2.75) is 39.3 Å². The van der Waals surface area contributed by atoms with Gasteiger partial charge in [0, 0.05) is 16.8 Å². The van der Waals surface area contributed by atoms with E-state index in [1.165, 1.54) is 28.0 Å². The quantitative estimate of drug-likeness (QED) is 0.903. The van der Waals surface area contributed by atoms with Crippen LogP contribution in [0.15, 0.2) is 6.20 Å². The largest absolute Gasteiger partial charge is 0.444 e. The summed E-state index contributed by atoms with van der Waals surface area (Å²) < 4.78 is 5.34. The summed E-state index contributed by atoms with van der Waals surface area (Å²) in [5, 5.41) is 3.31. The van der Waals surface area contributed by atoms with Crippen LogP contribution in [0.5, 0.6) is 0 Å². The smallest absolute Gasteiger partial charge is 0.411 e. The van der Waals surface area contributed by atoms with E-state index in [4.69, 9.17) is 4.74 Å². The number of aryl methyl sites for hydroxylation is 1. The van der Waals surface area contributed by atoms with E-state index in [9.17, 15) is 9.59 Å². The van der Waals surface area contributed by atoms with Crippen LogP contribution in [-0.2, 0) is 9.53 Å². The van der Waals surface area contributed by atoms with Crippen LogP contribution in [0, 0.1) is 6.92 Å². The average Bonchev–Trinajstić information content (AvgIpc) is 2.95. The molecule has 8 heteroatoms. The molecule has 1 N–H and O–H groups in total. The summed E-state index contributed by atoms with van der Waals surface area (Å²) >= 11 is 2.95. The lowest BCUT2D eigenvalue weighted by atomic mass is 10.2. The van der Waals surface area contributed by atoms with Crippen molar-refractivity contribution in [1.82, 2.24) is 9.88 Å². The minimum atomic E-state index is -0.572. The third-order valence-electron chi connectivity index (χ3n) is 2.66. The lowest BCUT2D eigenvalue weighted by molar-refractivity contribution is -0.120. The molecule has 1 aliphatic heterocycles. The Morgan fingerprint density at radius 3 is 2.76 bits per heavy atom. The number of amides is 2. The minimum Gasteiger partial charge on any atom is -0.444 e. The number of rotatable bonds is 2. The predicted molar refractivity (Wildman–Crippen MR) is 84.7 cm³/mol. The number of hydrogen-bond donors (Lipinski definition) is 1. The number of carbonyl (C=O) groups excluding carboxylic acids is 2. The summed E-state index contributed by atoms with van der Waals surface area (Å²) in [7, 11) is 0. The molecule has 1 saturated heterocycles. The van der Waals surface area contributed by atoms with Crippen LogP contribution in [-0.4, -0.2) is 45.2 Å². The van der Waals surface area contributed by atoms with Crippen molar-refractivity contribution in [3.63, 3.8) is 0 Å². The van der Waals surface area contributed by atoms with Gasteiger partial charge in [-0.1, -0.05) is 0 Å². The van der Waals surface area contributed by atoms with Gasteiger partial charge in [-0.05, 0) is 27.7 Å². The van der Waals surface area contributed by atoms with Crippen molar-refractivity contribution < 1.29 is 14.3 Å². The van der Waals surface area contributed by atoms with Crippen LogP contribution in [0.25, 0.3) is 0 Å². The van der Waals surface area contributed by atoms with Crippen LogP contribution < -0.4 is 5.32 Å². The van der Waals surface area contributed by atoms with Crippen molar-refractivity contribution in [3.05, 3.63) is 11.1 Å². The first-order valence-corrected chi connectivity index (χ1v) is 8.54. The summed E-state index contributed by atoms with van der Waals surface area (Å²) in [5.41, 5.74) is -0.572. The second-order valence-corrected chi connectivity index (χ2v) is 7.97. The first-order chi connectivity index (χ1) is 9.76. The Kier molecular flexibility index (Phi) is 4.77. The topological polar surface area (TPSA) is 71.5 Å². The van der Waals surface area contributed by atoms with Gasteiger partial charge in [0.15, 0.2) is 5.13 Å². The summed E-state index contributed by atoms with van der Waals surface area (Å²) in [5.74, 6) is 0.805. The van der Waals surface area contributed by atoms with Gasteiger partial charge in [0.25, 0.3) is 0 Å². The molecule has 1 aromatic heterocycles. The summed E-state index contributed by atoms with van der Waals surface area (Å²) in [6.07, 6.45) is 1.25. The number of thiazole rings is 1. The predicted octanol–water partition coefficient (Wildman–Crippen LogP) is 2.70. The number of ether oxygens (including phenoxy) is 1. The highest BCUT2D eigenvalue weighted by atomic mass is 32.2. The van der Waals surface area contributed by atoms with E-state index in [1.54, 1.807) is 6.20 Å². The fourth-order valence-corrected chi connectivity index (χ4v) is 3.57. The van der Waals surface area contributed by atoms with Gasteiger partial charge in [0.05, 0.1) is 5.88 Å². The van der Waals surface area contributed by atoms with Gasteiger partial charge in [-0.3, -0.25) is 9.69 Å². The van der Waals surface area contributed by atoms with E-state index in [0.29, 0.717) is 16.8 Å². The van der Waals surface area contributed by atoms with Crippen molar-refractivity contribution in [1.29, 1.82) is 0 Å². The normalized spacial score (nSPS) is 18.7. The zero-order valence-corrected chi connectivity index (χ0v) is 14.1. The van der Waals surface area contributed by atoms with Gasteiger partial charge in [0.1, 0.15) is 11.6 Å². The van der Waals surface area contributed by atoms with Crippen molar-refractivity contribution in [2.75, 3.05) is 16.9 Å². The molecule has 0 bridgehead atoms. The average molecular weight is 329 g/mol. The number of anilines is 1. The number of carbonyl (C=O) groups is 2. The van der Waals surface area contributed by atoms with Gasteiger partial charge < -0.3 is 10.1 Å². The van der Waals surface area contributed by atoms with Gasteiger partial charge in [-0.2, -0.15) is 0 Å². The van der Waals surface area contributed by atoms with Crippen LogP contribution >= 0.6 is 23.1 Å². The maximum Gasteiger partial charge on any atom is 0.411 e. The Bertz CT molecular complexity index is 539. The molecule has 0 saturated carbocycles. The van der Waals surface area contributed by atoms with Crippen LogP contribution in [0.2, 0.25) is 0 Å². The molecular formula is C13H19N3O3S2. The molecule has 0 radical (unpaired) electrons. The second-order valence-electron chi connectivity index (χ2n) is 5.73. The van der Waals surface area contributed by atoms with E-state index in [2.05, 4.69) is 10.3 Å². The molecule has 0 unspecified atom stereocenters. The van der Waals surface area contributed by atoms with E-state index >= 15 is 0 Å². The number of nitrogens with zero attached hydrogens (tertiary/aromatic N) is 2. The molecule has 1 atom stereocenters. The molecule has 2 heterocycles. The fraction of sp³-hybridized carbons (Fsp3) is 0.615. The molecule has 2 amide bonds. The molecule has 6 nitrogen and oxygen atoms in total. The molecule has 1 fully saturated rings. The highest BCUT2D eigenvalue weighted by Gasteiger charge is 2.37. The lowest BCUT2D eigenvalue weighted by Crippen LogP contribution is -2.46. The monoisotopic (exact) mass is 329 g/mol. The molecule has 1 aromatic rings. The summed E-state index contributed by atoms with van der Waals surface area (Å²) in [4.78, 5) is 31.0. The zero-order chi connectivity index (χ0) is 15.6. The lowest BCUT2D eigenvalue weighted by Gasteiger charge is -2.27. The van der Waals surface area contributed by atoms with Gasteiger partial charge >= 0.3 is 6.09 Å². The highest BCUT2D eigenvalue weighted by Crippen LogP contribution is 2.25. The maximum atomic E-state index is 12.3. The van der Waals surface area contributed by atoms with Crippen LogP contribution in [0.1, 0.15) is 25.6 Å². The molecule has 0 spiro atoms. The zero-order valence-electron chi connectivity index (χ0n) is 12.5. The van der Waals surface area contributed by atoms with Gasteiger partial charge in [-0.15, -0.1) is 23.1 Å². The standard InChI is InChI=1S/C13H19N3O3S2/c1-8-5-14-11(21-8)15-10(17)9-6-20-7-16(9)12(18)19-13(2,3)4/h5,9H,6-7H2,1-4H3,(H,14,15,17)/t9-/m1/s1. The van der Waals surface area contributed by atoms with Crippen molar-refractivity contribution >= 4 is 40.2 Å². The molecule has 116 valence electrons. The van der Waals surface area contributed by atoms with E-state index in [-0.39, 0.29) is 5.91 Å². The molecular weight excluding hydrogens is 310 g/mol. The number of aromatic nitrogens is 1. The SMILES string of the molecule is Cc1cnc(NC(=O)[C@H]2CSCN2C(=O)OC(C)(C)C)s1. The van der Waals surface area contributed by atoms with Crippen LogP contribution in [0.3, 0.4) is 0 Å². The second kappa shape index (κ2) is 6.23. The maximum absolute atomic E-state index is 12.3. The molecule has 2 rings (SSSR count). The Labute approximate surface area is 132 Å². The number of nitrogens with one attached hydrogen (secondary N) is 1. The third kappa shape index (κ3) is 4.34. The number of hydrogen-bond acceptors (Lipinski definition) is 6.